The zero-order chi connectivity index (χ0) is 11.3. The molecule has 0 aliphatic carbocycles. The molecule has 1 rings (SSSR count). The first-order valence-corrected chi connectivity index (χ1v) is 5.67. The lowest BCUT2D eigenvalue weighted by atomic mass is 9.95. The van der Waals surface area contributed by atoms with Gasteiger partial charge in [-0.2, -0.15) is 4.80 Å². The quantitative estimate of drug-likeness (QED) is 0.745. The van der Waals surface area contributed by atoms with E-state index in [1.54, 1.807) is 7.05 Å². The first kappa shape index (κ1) is 12.4. The van der Waals surface area contributed by atoms with E-state index in [2.05, 4.69) is 34.6 Å². The highest BCUT2D eigenvalue weighted by molar-refractivity contribution is 6.17. The van der Waals surface area contributed by atoms with Crippen LogP contribution in [-0.2, 0) is 13.6 Å². The SMILES string of the molecule is CCC(C)(CCCl)NCc1nnn(C)n1. The topological polar surface area (TPSA) is 55.6 Å². The Bertz CT molecular complexity index is 300. The van der Waals surface area contributed by atoms with E-state index >= 15 is 0 Å². The van der Waals surface area contributed by atoms with Crippen LogP contribution in [0.1, 0.15) is 32.5 Å². The number of nitrogens with zero attached hydrogens (tertiary/aromatic N) is 4. The van der Waals surface area contributed by atoms with Crippen molar-refractivity contribution in [2.24, 2.45) is 7.05 Å². The van der Waals surface area contributed by atoms with Crippen LogP contribution in [-0.4, -0.2) is 31.6 Å². The molecule has 0 saturated carbocycles. The number of nitrogens with one attached hydrogen (secondary N) is 1. The molecule has 0 amide bonds. The second-order valence-corrected chi connectivity index (χ2v) is 4.28. The molecule has 0 bridgehead atoms. The molecule has 0 spiro atoms. The van der Waals surface area contributed by atoms with E-state index in [0.717, 1.165) is 12.8 Å². The lowest BCUT2D eigenvalue weighted by Gasteiger charge is -2.28. The summed E-state index contributed by atoms with van der Waals surface area (Å²) in [6, 6.07) is 0. The molecule has 86 valence electrons. The van der Waals surface area contributed by atoms with Gasteiger partial charge in [0.1, 0.15) is 0 Å². The van der Waals surface area contributed by atoms with Gasteiger partial charge >= 0.3 is 0 Å². The number of tetrazole rings is 1. The van der Waals surface area contributed by atoms with Gasteiger partial charge in [0.05, 0.1) is 13.6 Å². The van der Waals surface area contributed by atoms with Crippen LogP contribution < -0.4 is 5.32 Å². The molecule has 0 aliphatic heterocycles. The summed E-state index contributed by atoms with van der Waals surface area (Å²) < 4.78 is 0. The largest absolute Gasteiger partial charge is 0.304 e. The molecular weight excluding hydrogens is 214 g/mol. The standard InChI is InChI=1S/C9H18ClN5/c1-4-9(2,5-6-10)11-7-8-12-14-15(3)13-8/h11H,4-7H2,1-3H3. The van der Waals surface area contributed by atoms with Gasteiger partial charge in [-0.25, -0.2) is 0 Å². The third kappa shape index (κ3) is 3.76. The van der Waals surface area contributed by atoms with Crippen molar-refractivity contribution < 1.29 is 0 Å². The predicted octanol–water partition coefficient (Wildman–Crippen LogP) is 1.10. The molecule has 1 unspecified atom stereocenters. The number of alkyl halides is 1. The highest BCUT2D eigenvalue weighted by atomic mass is 35.5. The number of hydrogen-bond donors (Lipinski definition) is 1. The molecule has 15 heavy (non-hydrogen) atoms. The van der Waals surface area contributed by atoms with E-state index in [0.29, 0.717) is 18.2 Å². The molecule has 0 aliphatic rings. The normalized spacial score (nSPS) is 15.2. The molecule has 0 saturated heterocycles. The molecule has 5 nitrogen and oxygen atoms in total. The van der Waals surface area contributed by atoms with Crippen LogP contribution in [0.2, 0.25) is 0 Å². The summed E-state index contributed by atoms with van der Waals surface area (Å²) in [5.74, 6) is 1.37. The summed E-state index contributed by atoms with van der Waals surface area (Å²) in [4.78, 5) is 1.46. The first-order chi connectivity index (χ1) is 7.09. The summed E-state index contributed by atoms with van der Waals surface area (Å²) in [7, 11) is 1.76. The van der Waals surface area contributed by atoms with Crippen molar-refractivity contribution in [2.45, 2.75) is 38.8 Å². The van der Waals surface area contributed by atoms with Gasteiger partial charge < -0.3 is 5.32 Å². The van der Waals surface area contributed by atoms with Crippen LogP contribution >= 0.6 is 11.6 Å². The second-order valence-electron chi connectivity index (χ2n) is 3.90. The Morgan fingerprint density at radius 3 is 2.73 bits per heavy atom. The summed E-state index contributed by atoms with van der Waals surface area (Å²) in [6.07, 6.45) is 1.96. The fraction of sp³-hybridized carbons (Fsp3) is 0.889. The van der Waals surface area contributed by atoms with Crippen LogP contribution in [0.4, 0.5) is 0 Å². The molecule has 0 fully saturated rings. The molecule has 0 radical (unpaired) electrons. The molecule has 1 aromatic rings. The number of aryl methyl sites for hydroxylation is 1. The van der Waals surface area contributed by atoms with Crippen molar-refractivity contribution in [3.8, 4) is 0 Å². The van der Waals surface area contributed by atoms with Crippen molar-refractivity contribution in [1.82, 2.24) is 25.5 Å². The Balaban J connectivity index is 2.47. The van der Waals surface area contributed by atoms with E-state index in [-0.39, 0.29) is 5.54 Å². The Labute approximate surface area is 95.2 Å². The Kier molecular flexibility index (Phi) is 4.47. The van der Waals surface area contributed by atoms with Gasteiger partial charge in [-0.15, -0.1) is 21.8 Å². The Morgan fingerprint density at radius 2 is 2.27 bits per heavy atom. The number of hydrogen-bond acceptors (Lipinski definition) is 4. The highest BCUT2D eigenvalue weighted by Gasteiger charge is 2.20. The van der Waals surface area contributed by atoms with Gasteiger partial charge in [0.15, 0.2) is 5.82 Å². The Morgan fingerprint density at radius 1 is 1.53 bits per heavy atom. The zero-order valence-electron chi connectivity index (χ0n) is 9.50. The summed E-state index contributed by atoms with van der Waals surface area (Å²) in [5.41, 5.74) is 0.0565. The number of aromatic nitrogens is 4. The lowest BCUT2D eigenvalue weighted by Crippen LogP contribution is -2.41. The third-order valence-electron chi connectivity index (χ3n) is 2.65. The van der Waals surface area contributed by atoms with Crippen LogP contribution in [0.3, 0.4) is 0 Å². The van der Waals surface area contributed by atoms with Gasteiger partial charge in [0.2, 0.25) is 0 Å². The van der Waals surface area contributed by atoms with E-state index in [4.69, 9.17) is 11.6 Å². The molecule has 6 heteroatoms. The maximum atomic E-state index is 5.76. The van der Waals surface area contributed by atoms with Crippen LogP contribution in [0, 0.1) is 0 Å². The van der Waals surface area contributed by atoms with Gasteiger partial charge in [0, 0.05) is 11.4 Å². The minimum atomic E-state index is 0.0565. The fourth-order valence-corrected chi connectivity index (χ4v) is 1.70. The maximum absolute atomic E-state index is 5.76. The zero-order valence-corrected chi connectivity index (χ0v) is 10.3. The predicted molar refractivity (Wildman–Crippen MR) is 59.7 cm³/mol. The smallest absolute Gasteiger partial charge is 0.188 e. The van der Waals surface area contributed by atoms with Crippen molar-refractivity contribution in [1.29, 1.82) is 0 Å². The van der Waals surface area contributed by atoms with Gasteiger partial charge in [-0.05, 0) is 25.0 Å². The van der Waals surface area contributed by atoms with Gasteiger partial charge in [-0.3, -0.25) is 0 Å². The van der Waals surface area contributed by atoms with Crippen molar-refractivity contribution in [3.63, 3.8) is 0 Å². The van der Waals surface area contributed by atoms with Crippen LogP contribution in [0.15, 0.2) is 0 Å². The van der Waals surface area contributed by atoms with Crippen LogP contribution in [0.25, 0.3) is 0 Å². The first-order valence-electron chi connectivity index (χ1n) is 5.13. The molecular formula is C9H18ClN5. The van der Waals surface area contributed by atoms with Crippen molar-refractivity contribution in [2.75, 3.05) is 5.88 Å². The molecule has 1 heterocycles. The number of rotatable bonds is 6. The van der Waals surface area contributed by atoms with E-state index in [1.165, 1.54) is 4.80 Å². The average Bonchev–Trinajstić information content (AvgIpc) is 2.62. The fourth-order valence-electron chi connectivity index (χ4n) is 1.29. The second kappa shape index (κ2) is 5.42. The highest BCUT2D eigenvalue weighted by Crippen LogP contribution is 2.15. The third-order valence-corrected chi connectivity index (χ3v) is 2.84. The van der Waals surface area contributed by atoms with E-state index < -0.39 is 0 Å². The summed E-state index contributed by atoms with van der Waals surface area (Å²) >= 11 is 5.76. The molecule has 1 atom stereocenters. The summed E-state index contributed by atoms with van der Waals surface area (Å²) in [5, 5.41) is 15.2. The lowest BCUT2D eigenvalue weighted by molar-refractivity contribution is 0.327. The molecule has 0 aromatic carbocycles. The Hall–Kier alpha value is -0.680. The molecule has 1 N–H and O–H groups in total. The van der Waals surface area contributed by atoms with Crippen molar-refractivity contribution in [3.05, 3.63) is 5.82 Å². The van der Waals surface area contributed by atoms with E-state index in [1.807, 2.05) is 0 Å². The van der Waals surface area contributed by atoms with Gasteiger partial charge in [0.25, 0.3) is 0 Å². The average molecular weight is 232 g/mol. The maximum Gasteiger partial charge on any atom is 0.188 e. The minimum absolute atomic E-state index is 0.0565. The molecule has 1 aromatic heterocycles. The monoisotopic (exact) mass is 231 g/mol. The van der Waals surface area contributed by atoms with Crippen molar-refractivity contribution >= 4 is 11.6 Å². The number of halogens is 1. The van der Waals surface area contributed by atoms with E-state index in [9.17, 15) is 0 Å². The van der Waals surface area contributed by atoms with Crippen LogP contribution in [0.5, 0.6) is 0 Å². The summed E-state index contributed by atoms with van der Waals surface area (Å²) in [6.45, 7) is 4.93. The minimum Gasteiger partial charge on any atom is -0.304 e. The van der Waals surface area contributed by atoms with Gasteiger partial charge in [-0.1, -0.05) is 6.92 Å².